The molecular weight excluding hydrogens is 364 g/mol. The van der Waals surface area contributed by atoms with Gasteiger partial charge in [0, 0.05) is 25.0 Å². The molecule has 6 heteroatoms. The van der Waals surface area contributed by atoms with E-state index >= 15 is 0 Å². The molecule has 1 aliphatic rings. The first-order chi connectivity index (χ1) is 14.3. The zero-order chi connectivity index (χ0) is 19.9. The van der Waals surface area contributed by atoms with Crippen LogP contribution in [0.4, 0.5) is 11.6 Å². The summed E-state index contributed by atoms with van der Waals surface area (Å²) >= 11 is 0. The maximum atomic E-state index is 13.3. The second-order valence-corrected chi connectivity index (χ2v) is 6.99. The van der Waals surface area contributed by atoms with Crippen molar-refractivity contribution in [2.45, 2.75) is 25.5 Å². The van der Waals surface area contributed by atoms with Crippen LogP contribution in [0.1, 0.15) is 28.9 Å². The smallest absolute Gasteiger partial charge is 0.277 e. The van der Waals surface area contributed by atoms with Gasteiger partial charge in [-0.05, 0) is 36.6 Å². The summed E-state index contributed by atoms with van der Waals surface area (Å²) in [5.74, 6) is 0.279. The van der Waals surface area contributed by atoms with Crippen LogP contribution in [0, 0.1) is 0 Å². The third-order valence-corrected chi connectivity index (χ3v) is 4.88. The lowest BCUT2D eigenvalue weighted by Gasteiger charge is -2.23. The van der Waals surface area contributed by atoms with Crippen LogP contribution in [-0.4, -0.2) is 35.1 Å². The van der Waals surface area contributed by atoms with Gasteiger partial charge in [0.2, 0.25) is 5.95 Å². The van der Waals surface area contributed by atoms with E-state index in [-0.39, 0.29) is 12.0 Å². The lowest BCUT2D eigenvalue weighted by Crippen LogP contribution is -2.31. The van der Waals surface area contributed by atoms with Gasteiger partial charge >= 0.3 is 0 Å². The Balaban J connectivity index is 1.54. The van der Waals surface area contributed by atoms with Crippen molar-refractivity contribution in [2.24, 2.45) is 0 Å². The second kappa shape index (κ2) is 9.30. The molecule has 1 unspecified atom stereocenters. The Labute approximate surface area is 170 Å². The normalized spacial score (nSPS) is 15.8. The molecule has 1 fully saturated rings. The molecule has 2 heterocycles. The number of carbonyl (C=O) groups excluding carboxylic acids is 1. The molecule has 0 radical (unpaired) electrons. The van der Waals surface area contributed by atoms with Gasteiger partial charge in [-0.1, -0.05) is 48.5 Å². The second-order valence-electron chi connectivity index (χ2n) is 6.99. The first kappa shape index (κ1) is 19.1. The van der Waals surface area contributed by atoms with E-state index in [1.54, 1.807) is 17.2 Å². The highest BCUT2D eigenvalue weighted by Crippen LogP contribution is 2.20. The monoisotopic (exact) mass is 388 g/mol. The molecule has 6 nitrogen and oxygen atoms in total. The summed E-state index contributed by atoms with van der Waals surface area (Å²) in [5, 5.41) is 3.19. The highest BCUT2D eigenvalue weighted by atomic mass is 16.5. The molecule has 1 aromatic heterocycles. The largest absolute Gasteiger partial charge is 0.376 e. The summed E-state index contributed by atoms with van der Waals surface area (Å²) in [6.45, 7) is 1.91. The molecule has 1 amide bonds. The number of carbonyl (C=O) groups is 1. The molecule has 0 spiro atoms. The van der Waals surface area contributed by atoms with Crippen LogP contribution in [0.5, 0.6) is 0 Å². The van der Waals surface area contributed by atoms with E-state index in [1.807, 2.05) is 60.7 Å². The number of benzene rings is 2. The molecule has 4 rings (SSSR count). The van der Waals surface area contributed by atoms with Crippen LogP contribution in [-0.2, 0) is 11.3 Å². The fourth-order valence-electron chi connectivity index (χ4n) is 3.37. The van der Waals surface area contributed by atoms with Gasteiger partial charge in [0.05, 0.1) is 12.6 Å². The molecule has 2 aromatic carbocycles. The maximum absolute atomic E-state index is 13.3. The standard InChI is InChI=1S/C23H24N4O2/c28-22(21-13-14-24-23(26-21)25-16-20-12-7-15-29-20)27(19-10-5-2-6-11-19)17-18-8-3-1-4-9-18/h1-6,8-11,13-14,20H,7,12,15-17H2,(H,24,25,26). The minimum absolute atomic E-state index is 0.164. The number of aromatic nitrogens is 2. The van der Waals surface area contributed by atoms with Crippen LogP contribution < -0.4 is 10.2 Å². The minimum Gasteiger partial charge on any atom is -0.376 e. The SMILES string of the molecule is O=C(c1ccnc(NCC2CCCO2)n1)N(Cc1ccccc1)c1ccccc1. The van der Waals surface area contributed by atoms with Gasteiger partial charge in [-0.15, -0.1) is 0 Å². The molecule has 148 valence electrons. The number of nitrogens with zero attached hydrogens (tertiary/aromatic N) is 3. The van der Waals surface area contributed by atoms with E-state index in [4.69, 9.17) is 4.74 Å². The molecule has 0 aliphatic carbocycles. The molecule has 29 heavy (non-hydrogen) atoms. The first-order valence-electron chi connectivity index (χ1n) is 9.89. The zero-order valence-electron chi connectivity index (χ0n) is 16.2. The summed E-state index contributed by atoms with van der Waals surface area (Å²) in [7, 11) is 0. The van der Waals surface area contributed by atoms with E-state index in [1.165, 1.54) is 0 Å². The minimum atomic E-state index is -0.164. The van der Waals surface area contributed by atoms with Gasteiger partial charge in [0.15, 0.2) is 0 Å². The summed E-state index contributed by atoms with van der Waals surface area (Å²) in [6.07, 6.45) is 3.91. The molecular formula is C23H24N4O2. The molecule has 0 bridgehead atoms. The third kappa shape index (κ3) is 4.97. The van der Waals surface area contributed by atoms with Crippen molar-refractivity contribution in [1.82, 2.24) is 9.97 Å². The maximum Gasteiger partial charge on any atom is 0.277 e. The first-order valence-corrected chi connectivity index (χ1v) is 9.89. The summed E-state index contributed by atoms with van der Waals surface area (Å²) in [6, 6.07) is 21.2. The number of hydrogen-bond acceptors (Lipinski definition) is 5. The Morgan fingerprint density at radius 1 is 1.07 bits per heavy atom. The Morgan fingerprint density at radius 3 is 2.55 bits per heavy atom. The van der Waals surface area contributed by atoms with Crippen molar-refractivity contribution in [1.29, 1.82) is 0 Å². The molecule has 1 atom stereocenters. The molecule has 1 saturated heterocycles. The fraction of sp³-hybridized carbons (Fsp3) is 0.261. The Bertz CT molecular complexity index is 928. The van der Waals surface area contributed by atoms with E-state index < -0.39 is 0 Å². The van der Waals surface area contributed by atoms with E-state index in [0.717, 1.165) is 30.7 Å². The molecule has 1 N–H and O–H groups in total. The molecule has 0 saturated carbocycles. The van der Waals surface area contributed by atoms with Crippen LogP contribution >= 0.6 is 0 Å². The average molecular weight is 388 g/mol. The number of rotatable bonds is 7. The van der Waals surface area contributed by atoms with Crippen molar-refractivity contribution in [3.63, 3.8) is 0 Å². The topological polar surface area (TPSA) is 67.3 Å². The van der Waals surface area contributed by atoms with Crippen molar-refractivity contribution in [3.05, 3.63) is 84.2 Å². The summed E-state index contributed by atoms with van der Waals surface area (Å²) in [5.41, 5.74) is 2.24. The van der Waals surface area contributed by atoms with Gasteiger partial charge in [-0.2, -0.15) is 0 Å². The third-order valence-electron chi connectivity index (χ3n) is 4.88. The predicted octanol–water partition coefficient (Wildman–Crippen LogP) is 3.91. The van der Waals surface area contributed by atoms with Crippen LogP contribution in [0.3, 0.4) is 0 Å². The summed E-state index contributed by atoms with van der Waals surface area (Å²) in [4.78, 5) is 23.8. The Morgan fingerprint density at radius 2 is 1.83 bits per heavy atom. The number of nitrogens with one attached hydrogen (secondary N) is 1. The van der Waals surface area contributed by atoms with Crippen molar-refractivity contribution in [2.75, 3.05) is 23.4 Å². The molecule has 1 aliphatic heterocycles. The van der Waals surface area contributed by atoms with E-state index in [0.29, 0.717) is 24.7 Å². The lowest BCUT2D eigenvalue weighted by atomic mass is 10.2. The van der Waals surface area contributed by atoms with Crippen molar-refractivity contribution in [3.8, 4) is 0 Å². The molecule has 3 aromatic rings. The van der Waals surface area contributed by atoms with Gasteiger partial charge in [-0.3, -0.25) is 4.79 Å². The quantitative estimate of drug-likeness (QED) is 0.665. The van der Waals surface area contributed by atoms with Gasteiger partial charge < -0.3 is 15.0 Å². The van der Waals surface area contributed by atoms with Crippen molar-refractivity contribution < 1.29 is 9.53 Å². The van der Waals surface area contributed by atoms with E-state index in [2.05, 4.69) is 15.3 Å². The predicted molar refractivity (Wildman–Crippen MR) is 113 cm³/mol. The number of para-hydroxylation sites is 1. The van der Waals surface area contributed by atoms with Crippen LogP contribution in [0.15, 0.2) is 72.9 Å². The number of hydrogen-bond donors (Lipinski definition) is 1. The number of anilines is 2. The number of amides is 1. The Hall–Kier alpha value is -3.25. The fourth-order valence-corrected chi connectivity index (χ4v) is 3.37. The highest BCUT2D eigenvalue weighted by molar-refractivity contribution is 6.04. The number of ether oxygens (including phenoxy) is 1. The average Bonchev–Trinajstić information content (AvgIpc) is 3.31. The van der Waals surface area contributed by atoms with Gasteiger partial charge in [0.25, 0.3) is 5.91 Å². The van der Waals surface area contributed by atoms with Crippen LogP contribution in [0.2, 0.25) is 0 Å². The lowest BCUT2D eigenvalue weighted by molar-refractivity contribution is 0.0980. The van der Waals surface area contributed by atoms with Gasteiger partial charge in [0.1, 0.15) is 5.69 Å². The van der Waals surface area contributed by atoms with Gasteiger partial charge in [-0.25, -0.2) is 9.97 Å². The zero-order valence-corrected chi connectivity index (χ0v) is 16.2. The van der Waals surface area contributed by atoms with E-state index in [9.17, 15) is 4.79 Å². The van der Waals surface area contributed by atoms with Crippen molar-refractivity contribution >= 4 is 17.5 Å². The highest BCUT2D eigenvalue weighted by Gasteiger charge is 2.21. The van der Waals surface area contributed by atoms with Crippen LogP contribution in [0.25, 0.3) is 0 Å². The summed E-state index contributed by atoms with van der Waals surface area (Å²) < 4.78 is 5.62. The Kier molecular flexibility index (Phi) is 6.12.